The van der Waals surface area contributed by atoms with Crippen molar-refractivity contribution in [2.45, 2.75) is 39.2 Å². The molecule has 1 amide bonds. The fourth-order valence-electron chi connectivity index (χ4n) is 2.29. The van der Waals surface area contributed by atoms with Crippen LogP contribution in [0.4, 0.5) is 0 Å². The van der Waals surface area contributed by atoms with Crippen molar-refractivity contribution in [2.75, 3.05) is 25.9 Å². The molecule has 118 valence electrons. The summed E-state index contributed by atoms with van der Waals surface area (Å²) in [4.78, 5) is 14.0. The maximum absolute atomic E-state index is 12.2. The van der Waals surface area contributed by atoms with Crippen molar-refractivity contribution in [3.63, 3.8) is 0 Å². The molecule has 6 nitrogen and oxygen atoms in total. The van der Waals surface area contributed by atoms with Gasteiger partial charge in [0.2, 0.25) is 15.9 Å². The van der Waals surface area contributed by atoms with E-state index in [4.69, 9.17) is 5.73 Å². The van der Waals surface area contributed by atoms with E-state index < -0.39 is 10.0 Å². The second-order valence-electron chi connectivity index (χ2n) is 6.08. The molecule has 0 aromatic carbocycles. The molecule has 7 heteroatoms. The highest BCUT2D eigenvalue weighted by molar-refractivity contribution is 7.88. The normalized spacial score (nSPS) is 22.1. The SMILES string of the molecule is CC(C)C(N)CC(=O)N1CCCC(CNS(C)(=O)=O)C1. The zero-order valence-electron chi connectivity index (χ0n) is 12.6. The molecule has 1 rings (SSSR count). The smallest absolute Gasteiger partial charge is 0.224 e. The fourth-order valence-corrected chi connectivity index (χ4v) is 2.83. The number of rotatable bonds is 6. The van der Waals surface area contributed by atoms with Gasteiger partial charge in [0.15, 0.2) is 0 Å². The molecule has 0 radical (unpaired) electrons. The highest BCUT2D eigenvalue weighted by atomic mass is 32.2. The lowest BCUT2D eigenvalue weighted by Crippen LogP contribution is -2.45. The minimum absolute atomic E-state index is 0.0789. The highest BCUT2D eigenvalue weighted by Gasteiger charge is 2.25. The number of sulfonamides is 1. The molecule has 2 atom stereocenters. The molecule has 1 aliphatic heterocycles. The van der Waals surface area contributed by atoms with Crippen LogP contribution in [0.25, 0.3) is 0 Å². The molecule has 0 bridgehead atoms. The molecular weight excluding hydrogens is 278 g/mol. The molecule has 2 unspecified atom stereocenters. The molecule has 0 aliphatic carbocycles. The molecule has 1 heterocycles. The molecule has 1 fully saturated rings. The summed E-state index contributed by atoms with van der Waals surface area (Å²) < 4.78 is 24.7. The highest BCUT2D eigenvalue weighted by Crippen LogP contribution is 2.17. The van der Waals surface area contributed by atoms with Crippen molar-refractivity contribution in [1.82, 2.24) is 9.62 Å². The van der Waals surface area contributed by atoms with Crippen LogP contribution in [0.15, 0.2) is 0 Å². The minimum Gasteiger partial charge on any atom is -0.342 e. The average molecular weight is 305 g/mol. The van der Waals surface area contributed by atoms with Crippen LogP contribution >= 0.6 is 0 Å². The molecule has 3 N–H and O–H groups in total. The van der Waals surface area contributed by atoms with Crippen LogP contribution in [0.5, 0.6) is 0 Å². The van der Waals surface area contributed by atoms with Gasteiger partial charge in [-0.15, -0.1) is 0 Å². The van der Waals surface area contributed by atoms with Gasteiger partial charge >= 0.3 is 0 Å². The predicted molar refractivity (Wildman–Crippen MR) is 79.6 cm³/mol. The number of piperidine rings is 1. The summed E-state index contributed by atoms with van der Waals surface area (Å²) >= 11 is 0. The number of nitrogens with one attached hydrogen (secondary N) is 1. The monoisotopic (exact) mass is 305 g/mol. The van der Waals surface area contributed by atoms with Gasteiger partial charge in [0, 0.05) is 32.1 Å². The van der Waals surface area contributed by atoms with Crippen LogP contribution < -0.4 is 10.5 Å². The Labute approximate surface area is 122 Å². The first-order valence-electron chi connectivity index (χ1n) is 7.17. The number of nitrogens with zero attached hydrogens (tertiary/aromatic N) is 1. The summed E-state index contributed by atoms with van der Waals surface area (Å²) in [5, 5.41) is 0. The number of nitrogens with two attached hydrogens (primary N) is 1. The van der Waals surface area contributed by atoms with Crippen molar-refractivity contribution in [3.8, 4) is 0 Å². The Balaban J connectivity index is 2.46. The maximum atomic E-state index is 12.2. The Morgan fingerprint density at radius 3 is 2.65 bits per heavy atom. The first kappa shape index (κ1) is 17.4. The van der Waals surface area contributed by atoms with Gasteiger partial charge in [-0.2, -0.15) is 0 Å². The van der Waals surface area contributed by atoms with Crippen LogP contribution in [0.2, 0.25) is 0 Å². The standard InChI is InChI=1S/C13H27N3O3S/c1-10(2)12(14)7-13(17)16-6-4-5-11(9-16)8-15-20(3,18)19/h10-12,15H,4-9,14H2,1-3H3. The summed E-state index contributed by atoms with van der Waals surface area (Å²) in [6.07, 6.45) is 3.38. The van der Waals surface area contributed by atoms with Gasteiger partial charge in [0.1, 0.15) is 0 Å². The van der Waals surface area contributed by atoms with Crippen molar-refractivity contribution < 1.29 is 13.2 Å². The largest absolute Gasteiger partial charge is 0.342 e. The molecule has 0 saturated carbocycles. The van der Waals surface area contributed by atoms with Crippen LogP contribution in [-0.4, -0.2) is 51.2 Å². The molecule has 1 aliphatic rings. The predicted octanol–water partition coefficient (Wildman–Crippen LogP) is 0.148. The summed E-state index contributed by atoms with van der Waals surface area (Å²) in [6, 6.07) is -0.114. The third-order valence-corrected chi connectivity index (χ3v) is 4.46. The van der Waals surface area contributed by atoms with Gasteiger partial charge in [0.05, 0.1) is 6.26 Å². The lowest BCUT2D eigenvalue weighted by Gasteiger charge is -2.33. The van der Waals surface area contributed by atoms with Gasteiger partial charge in [-0.1, -0.05) is 13.8 Å². The Bertz CT molecular complexity index is 423. The van der Waals surface area contributed by atoms with E-state index in [0.29, 0.717) is 19.5 Å². The Morgan fingerprint density at radius 2 is 2.10 bits per heavy atom. The van der Waals surface area contributed by atoms with Crippen LogP contribution in [-0.2, 0) is 14.8 Å². The fraction of sp³-hybridized carbons (Fsp3) is 0.923. The van der Waals surface area contributed by atoms with Gasteiger partial charge < -0.3 is 10.6 Å². The van der Waals surface area contributed by atoms with Crippen molar-refractivity contribution >= 4 is 15.9 Å². The molecule has 0 aromatic rings. The van der Waals surface area contributed by atoms with Gasteiger partial charge in [-0.25, -0.2) is 13.1 Å². The minimum atomic E-state index is -3.16. The number of hydrogen-bond donors (Lipinski definition) is 2. The summed E-state index contributed by atoms with van der Waals surface area (Å²) in [6.45, 7) is 5.78. The van der Waals surface area contributed by atoms with Crippen molar-refractivity contribution in [3.05, 3.63) is 0 Å². The van der Waals surface area contributed by atoms with E-state index in [-0.39, 0.29) is 23.8 Å². The average Bonchev–Trinajstić information content (AvgIpc) is 2.35. The number of carbonyl (C=O) groups excluding carboxylic acids is 1. The van der Waals surface area contributed by atoms with Crippen LogP contribution in [0.3, 0.4) is 0 Å². The Morgan fingerprint density at radius 1 is 1.45 bits per heavy atom. The number of carbonyl (C=O) groups is 1. The number of likely N-dealkylation sites (tertiary alicyclic amines) is 1. The van der Waals surface area contributed by atoms with Gasteiger partial charge in [-0.05, 0) is 24.7 Å². The first-order chi connectivity index (χ1) is 9.19. The van der Waals surface area contributed by atoms with Crippen LogP contribution in [0, 0.1) is 11.8 Å². The third-order valence-electron chi connectivity index (χ3n) is 3.77. The molecule has 1 saturated heterocycles. The van der Waals surface area contributed by atoms with Crippen molar-refractivity contribution in [1.29, 1.82) is 0 Å². The molecule has 20 heavy (non-hydrogen) atoms. The van der Waals surface area contributed by atoms with E-state index in [1.807, 2.05) is 18.7 Å². The van der Waals surface area contributed by atoms with E-state index in [9.17, 15) is 13.2 Å². The molecular formula is C13H27N3O3S. The lowest BCUT2D eigenvalue weighted by molar-refractivity contribution is -0.133. The van der Waals surface area contributed by atoms with E-state index in [0.717, 1.165) is 25.6 Å². The molecule has 0 aromatic heterocycles. The van der Waals surface area contributed by atoms with Crippen molar-refractivity contribution in [2.24, 2.45) is 17.6 Å². The van der Waals surface area contributed by atoms with E-state index >= 15 is 0 Å². The number of amides is 1. The Hall–Kier alpha value is -0.660. The zero-order chi connectivity index (χ0) is 15.3. The quantitative estimate of drug-likeness (QED) is 0.730. The second kappa shape index (κ2) is 7.38. The van der Waals surface area contributed by atoms with Gasteiger partial charge in [-0.3, -0.25) is 4.79 Å². The van der Waals surface area contributed by atoms with Crippen LogP contribution in [0.1, 0.15) is 33.1 Å². The zero-order valence-corrected chi connectivity index (χ0v) is 13.4. The van der Waals surface area contributed by atoms with E-state index in [1.165, 1.54) is 0 Å². The van der Waals surface area contributed by atoms with E-state index in [2.05, 4.69) is 4.72 Å². The third kappa shape index (κ3) is 6.19. The summed E-state index contributed by atoms with van der Waals surface area (Å²) in [7, 11) is -3.16. The number of hydrogen-bond acceptors (Lipinski definition) is 4. The van der Waals surface area contributed by atoms with Gasteiger partial charge in [0.25, 0.3) is 0 Å². The Kier molecular flexibility index (Phi) is 6.42. The molecule has 0 spiro atoms. The first-order valence-corrected chi connectivity index (χ1v) is 9.06. The summed E-state index contributed by atoms with van der Waals surface area (Å²) in [5.74, 6) is 0.555. The topological polar surface area (TPSA) is 92.5 Å². The van der Waals surface area contributed by atoms with E-state index in [1.54, 1.807) is 0 Å². The lowest BCUT2D eigenvalue weighted by atomic mass is 9.96. The second-order valence-corrected chi connectivity index (χ2v) is 7.91. The summed E-state index contributed by atoms with van der Waals surface area (Å²) in [5.41, 5.74) is 5.94. The maximum Gasteiger partial charge on any atom is 0.224 e.